The van der Waals surface area contributed by atoms with E-state index in [0.29, 0.717) is 11.5 Å². The highest BCUT2D eigenvalue weighted by Crippen LogP contribution is 2.25. The molecule has 3 nitrogen and oxygen atoms in total. The summed E-state index contributed by atoms with van der Waals surface area (Å²) in [6, 6.07) is 4.94. The van der Waals surface area contributed by atoms with E-state index in [4.69, 9.17) is 11.6 Å². The maximum atomic E-state index is 13.2. The van der Waals surface area contributed by atoms with E-state index in [1.54, 1.807) is 12.1 Å². The normalized spacial score (nSPS) is 22.3. The second kappa shape index (κ2) is 7.07. The van der Waals surface area contributed by atoms with Gasteiger partial charge in [0.05, 0.1) is 16.5 Å². The lowest BCUT2D eigenvalue weighted by Crippen LogP contribution is -2.33. The lowest BCUT2D eigenvalue weighted by molar-refractivity contribution is 0.409. The molecule has 0 amide bonds. The Bertz CT molecular complexity index is 591. The largest absolute Gasteiger partial charge is 0.314 e. The summed E-state index contributed by atoms with van der Waals surface area (Å²) in [5, 5.41) is 3.52. The first-order chi connectivity index (χ1) is 9.89. The molecule has 118 valence electrons. The molecule has 0 radical (unpaired) electrons. The highest BCUT2D eigenvalue weighted by Gasteiger charge is 2.29. The fraction of sp³-hybridized carbons (Fsp3) is 0.600. The van der Waals surface area contributed by atoms with E-state index < -0.39 is 15.7 Å². The maximum absolute atomic E-state index is 13.2. The van der Waals surface area contributed by atoms with Crippen LogP contribution in [0.15, 0.2) is 18.2 Å². The van der Waals surface area contributed by atoms with Gasteiger partial charge in [-0.05, 0) is 49.4 Å². The van der Waals surface area contributed by atoms with Gasteiger partial charge in [0, 0.05) is 6.04 Å². The van der Waals surface area contributed by atoms with E-state index in [9.17, 15) is 12.8 Å². The number of halogens is 2. The molecule has 2 unspecified atom stereocenters. The van der Waals surface area contributed by atoms with E-state index in [-0.39, 0.29) is 17.0 Å². The van der Waals surface area contributed by atoms with Crippen molar-refractivity contribution in [3.8, 4) is 0 Å². The van der Waals surface area contributed by atoms with E-state index in [0.717, 1.165) is 31.4 Å². The second-order valence-corrected chi connectivity index (χ2v) is 8.35. The van der Waals surface area contributed by atoms with Crippen LogP contribution < -0.4 is 5.32 Å². The number of rotatable bonds is 6. The Morgan fingerprint density at radius 1 is 1.48 bits per heavy atom. The first-order valence-electron chi connectivity index (χ1n) is 7.27. The molecule has 2 atom stereocenters. The van der Waals surface area contributed by atoms with Crippen molar-refractivity contribution in [2.24, 2.45) is 5.92 Å². The second-order valence-electron chi connectivity index (χ2n) is 5.71. The Labute approximate surface area is 130 Å². The topological polar surface area (TPSA) is 46.2 Å². The molecule has 2 rings (SSSR count). The van der Waals surface area contributed by atoms with E-state index in [2.05, 4.69) is 5.32 Å². The van der Waals surface area contributed by atoms with Gasteiger partial charge in [0.2, 0.25) is 0 Å². The number of sulfone groups is 1. The van der Waals surface area contributed by atoms with Crippen molar-refractivity contribution in [2.45, 2.75) is 32.2 Å². The van der Waals surface area contributed by atoms with Crippen LogP contribution in [0.3, 0.4) is 0 Å². The third-order valence-corrected chi connectivity index (χ3v) is 6.03. The van der Waals surface area contributed by atoms with E-state index in [1.165, 1.54) is 6.07 Å². The summed E-state index contributed by atoms with van der Waals surface area (Å²) in [7, 11) is -2.84. The van der Waals surface area contributed by atoms with Gasteiger partial charge < -0.3 is 5.32 Å². The first kappa shape index (κ1) is 16.7. The summed E-state index contributed by atoms with van der Waals surface area (Å²) in [6.45, 7) is 2.84. The third-order valence-electron chi connectivity index (χ3n) is 3.90. The fourth-order valence-corrected chi connectivity index (χ4v) is 5.02. The number of hydrogen-bond donors (Lipinski definition) is 1. The first-order valence-corrected chi connectivity index (χ1v) is 9.47. The van der Waals surface area contributed by atoms with Crippen LogP contribution in [-0.4, -0.2) is 32.5 Å². The van der Waals surface area contributed by atoms with Crippen molar-refractivity contribution >= 4 is 21.4 Å². The summed E-state index contributed by atoms with van der Waals surface area (Å²) in [5.74, 6) is 0.398. The molecular weight excluding hydrogens is 313 g/mol. The van der Waals surface area contributed by atoms with Crippen LogP contribution in [0.5, 0.6) is 0 Å². The predicted molar refractivity (Wildman–Crippen MR) is 84.0 cm³/mol. The molecule has 21 heavy (non-hydrogen) atoms. The van der Waals surface area contributed by atoms with Crippen LogP contribution in [-0.2, 0) is 16.3 Å². The molecule has 1 N–H and O–H groups in total. The third kappa shape index (κ3) is 4.94. The fourth-order valence-electron chi connectivity index (χ4n) is 2.94. The SMILES string of the molecule is CCNC(Cc1ccc(F)c(Cl)c1)CC1CCS(=O)(=O)C1. The van der Waals surface area contributed by atoms with Crippen LogP contribution >= 0.6 is 11.6 Å². The number of benzene rings is 1. The van der Waals surface area contributed by atoms with Gasteiger partial charge in [-0.2, -0.15) is 0 Å². The van der Waals surface area contributed by atoms with Gasteiger partial charge in [-0.15, -0.1) is 0 Å². The molecule has 1 aliphatic rings. The van der Waals surface area contributed by atoms with Gasteiger partial charge in [-0.3, -0.25) is 0 Å². The van der Waals surface area contributed by atoms with Gasteiger partial charge in [-0.1, -0.05) is 24.6 Å². The molecule has 0 bridgehead atoms. The summed E-state index contributed by atoms with van der Waals surface area (Å²) < 4.78 is 36.3. The van der Waals surface area contributed by atoms with Gasteiger partial charge in [0.15, 0.2) is 9.84 Å². The minimum atomic E-state index is -2.84. The smallest absolute Gasteiger partial charge is 0.150 e. The molecule has 1 aromatic carbocycles. The Morgan fingerprint density at radius 3 is 2.81 bits per heavy atom. The highest BCUT2D eigenvalue weighted by atomic mass is 35.5. The van der Waals surface area contributed by atoms with E-state index in [1.807, 2.05) is 6.92 Å². The zero-order valence-electron chi connectivity index (χ0n) is 12.1. The Hall–Kier alpha value is -0.650. The van der Waals surface area contributed by atoms with Crippen LogP contribution in [0, 0.1) is 11.7 Å². The minimum absolute atomic E-state index is 0.131. The Morgan fingerprint density at radius 2 is 2.24 bits per heavy atom. The minimum Gasteiger partial charge on any atom is -0.314 e. The molecule has 1 aliphatic heterocycles. The van der Waals surface area contributed by atoms with Crippen LogP contribution in [0.2, 0.25) is 5.02 Å². The summed E-state index contributed by atoms with van der Waals surface area (Å²) in [6.07, 6.45) is 2.29. The van der Waals surface area contributed by atoms with Crippen molar-refractivity contribution < 1.29 is 12.8 Å². The lowest BCUT2D eigenvalue weighted by atomic mass is 9.94. The predicted octanol–water partition coefficient (Wildman–Crippen LogP) is 2.82. The quantitative estimate of drug-likeness (QED) is 0.870. The zero-order valence-corrected chi connectivity index (χ0v) is 13.7. The van der Waals surface area contributed by atoms with E-state index >= 15 is 0 Å². The molecule has 1 aromatic rings. The molecule has 1 fully saturated rings. The van der Waals surface area contributed by atoms with Crippen LogP contribution in [0.1, 0.15) is 25.3 Å². The number of likely N-dealkylation sites (N-methyl/N-ethyl adjacent to an activating group) is 1. The summed E-state index contributed by atoms with van der Waals surface area (Å²) >= 11 is 5.81. The number of nitrogens with one attached hydrogen (secondary N) is 1. The molecule has 6 heteroatoms. The Kier molecular flexibility index (Phi) is 5.63. The Balaban J connectivity index is 2.00. The van der Waals surface area contributed by atoms with Gasteiger partial charge in [0.25, 0.3) is 0 Å². The summed E-state index contributed by atoms with van der Waals surface area (Å²) in [5.41, 5.74) is 0.966. The molecular formula is C15H21ClFNO2S. The highest BCUT2D eigenvalue weighted by molar-refractivity contribution is 7.91. The molecule has 0 aliphatic carbocycles. The summed E-state index contributed by atoms with van der Waals surface area (Å²) in [4.78, 5) is 0. The molecule has 1 saturated heterocycles. The number of hydrogen-bond acceptors (Lipinski definition) is 3. The monoisotopic (exact) mass is 333 g/mol. The van der Waals surface area contributed by atoms with Crippen molar-refractivity contribution in [1.82, 2.24) is 5.32 Å². The average Bonchev–Trinajstić information content (AvgIpc) is 2.73. The van der Waals surface area contributed by atoms with Crippen LogP contribution in [0.25, 0.3) is 0 Å². The lowest BCUT2D eigenvalue weighted by Gasteiger charge is -2.21. The van der Waals surface area contributed by atoms with Crippen molar-refractivity contribution in [1.29, 1.82) is 0 Å². The molecule has 1 heterocycles. The van der Waals surface area contributed by atoms with Crippen LogP contribution in [0.4, 0.5) is 4.39 Å². The standard InChI is InChI=1S/C15H21ClFNO2S/c1-2-18-13(8-12-5-6-21(19,20)10-12)7-11-3-4-15(17)14(16)9-11/h3-4,9,12-13,18H,2,5-8,10H2,1H3. The van der Waals surface area contributed by atoms with Gasteiger partial charge >= 0.3 is 0 Å². The average molecular weight is 334 g/mol. The van der Waals surface area contributed by atoms with Crippen molar-refractivity contribution in [3.05, 3.63) is 34.6 Å². The van der Waals surface area contributed by atoms with Gasteiger partial charge in [-0.25, -0.2) is 12.8 Å². The zero-order chi connectivity index (χ0) is 15.5. The maximum Gasteiger partial charge on any atom is 0.150 e. The van der Waals surface area contributed by atoms with Crippen molar-refractivity contribution in [2.75, 3.05) is 18.1 Å². The molecule has 0 aromatic heterocycles. The van der Waals surface area contributed by atoms with Crippen molar-refractivity contribution in [3.63, 3.8) is 0 Å². The molecule has 0 saturated carbocycles. The van der Waals surface area contributed by atoms with Gasteiger partial charge in [0.1, 0.15) is 5.82 Å². The molecule has 0 spiro atoms.